The molecule has 0 aliphatic carbocycles. The summed E-state index contributed by atoms with van der Waals surface area (Å²) in [6.07, 6.45) is 1.73. The molecule has 13 heavy (non-hydrogen) atoms. The van der Waals surface area contributed by atoms with Crippen LogP contribution in [-0.2, 0) is 0 Å². The van der Waals surface area contributed by atoms with E-state index in [2.05, 4.69) is 10.3 Å². The summed E-state index contributed by atoms with van der Waals surface area (Å²) < 4.78 is 0. The van der Waals surface area contributed by atoms with E-state index < -0.39 is 0 Å². The van der Waals surface area contributed by atoms with E-state index in [9.17, 15) is 4.79 Å². The van der Waals surface area contributed by atoms with Crippen LogP contribution in [0.15, 0.2) is 18.3 Å². The Morgan fingerprint density at radius 1 is 1.62 bits per heavy atom. The van der Waals surface area contributed by atoms with Crippen LogP contribution in [0.3, 0.4) is 0 Å². The van der Waals surface area contributed by atoms with Gasteiger partial charge in [0.25, 0.3) is 0 Å². The van der Waals surface area contributed by atoms with Gasteiger partial charge in [0.05, 0.1) is 11.4 Å². The van der Waals surface area contributed by atoms with Crippen LogP contribution < -0.4 is 10.2 Å². The zero-order valence-electron chi connectivity index (χ0n) is 7.45. The van der Waals surface area contributed by atoms with Gasteiger partial charge >= 0.3 is 6.03 Å². The van der Waals surface area contributed by atoms with Crippen LogP contribution >= 0.6 is 0 Å². The van der Waals surface area contributed by atoms with E-state index in [1.807, 2.05) is 19.1 Å². The summed E-state index contributed by atoms with van der Waals surface area (Å²) in [5, 5.41) is 2.75. The zero-order chi connectivity index (χ0) is 9.26. The van der Waals surface area contributed by atoms with Crippen LogP contribution in [0.2, 0.25) is 0 Å². The molecule has 2 heterocycles. The maximum atomic E-state index is 11.3. The topological polar surface area (TPSA) is 45.2 Å². The first-order valence-electron chi connectivity index (χ1n) is 4.26. The predicted molar refractivity (Wildman–Crippen MR) is 49.7 cm³/mol. The predicted octanol–water partition coefficient (Wildman–Crippen LogP) is 0.920. The molecule has 0 atom stereocenters. The number of urea groups is 1. The van der Waals surface area contributed by atoms with Crippen molar-refractivity contribution in [1.82, 2.24) is 10.3 Å². The minimum atomic E-state index is -0.0314. The van der Waals surface area contributed by atoms with Gasteiger partial charge in [-0.1, -0.05) is 0 Å². The van der Waals surface area contributed by atoms with E-state index in [1.54, 1.807) is 11.1 Å². The molecular weight excluding hydrogens is 166 g/mol. The van der Waals surface area contributed by atoms with Gasteiger partial charge in [0, 0.05) is 19.3 Å². The SMILES string of the molecule is Cc1ncccc1N1CCNC1=O. The highest BCUT2D eigenvalue weighted by Crippen LogP contribution is 2.18. The normalized spacial score (nSPS) is 16.1. The Balaban J connectivity index is 2.34. The molecule has 0 spiro atoms. The lowest BCUT2D eigenvalue weighted by Crippen LogP contribution is -2.28. The summed E-state index contributed by atoms with van der Waals surface area (Å²) in [6, 6.07) is 3.72. The van der Waals surface area contributed by atoms with Crippen LogP contribution in [0.4, 0.5) is 10.5 Å². The van der Waals surface area contributed by atoms with Crippen molar-refractivity contribution in [2.75, 3.05) is 18.0 Å². The third-order valence-corrected chi connectivity index (χ3v) is 2.13. The van der Waals surface area contributed by atoms with Gasteiger partial charge in [-0.15, -0.1) is 0 Å². The van der Waals surface area contributed by atoms with Crippen molar-refractivity contribution in [2.24, 2.45) is 0 Å². The number of pyridine rings is 1. The molecule has 2 amide bonds. The van der Waals surface area contributed by atoms with Crippen molar-refractivity contribution in [2.45, 2.75) is 6.92 Å². The minimum absolute atomic E-state index is 0.0314. The molecular formula is C9H11N3O. The first-order chi connectivity index (χ1) is 6.29. The first-order valence-corrected chi connectivity index (χ1v) is 4.26. The number of aromatic nitrogens is 1. The number of carbonyl (C=O) groups is 1. The van der Waals surface area contributed by atoms with E-state index in [-0.39, 0.29) is 6.03 Å². The second-order valence-electron chi connectivity index (χ2n) is 2.99. The fourth-order valence-corrected chi connectivity index (χ4v) is 1.46. The van der Waals surface area contributed by atoms with Gasteiger partial charge in [0.15, 0.2) is 0 Å². The summed E-state index contributed by atoms with van der Waals surface area (Å²) in [5.74, 6) is 0. The number of nitrogens with one attached hydrogen (secondary N) is 1. The number of hydrogen-bond donors (Lipinski definition) is 1. The van der Waals surface area contributed by atoms with Crippen molar-refractivity contribution < 1.29 is 4.79 Å². The fraction of sp³-hybridized carbons (Fsp3) is 0.333. The van der Waals surface area contributed by atoms with E-state index >= 15 is 0 Å². The Hall–Kier alpha value is -1.58. The van der Waals surface area contributed by atoms with Crippen LogP contribution in [-0.4, -0.2) is 24.1 Å². The standard InChI is InChI=1S/C9H11N3O/c1-7-8(3-2-4-10-7)12-6-5-11-9(12)13/h2-4H,5-6H2,1H3,(H,11,13). The summed E-state index contributed by atoms with van der Waals surface area (Å²) in [5.41, 5.74) is 1.79. The van der Waals surface area contributed by atoms with Crippen molar-refractivity contribution in [3.63, 3.8) is 0 Å². The van der Waals surface area contributed by atoms with Gasteiger partial charge < -0.3 is 5.32 Å². The number of amides is 2. The van der Waals surface area contributed by atoms with Crippen LogP contribution in [0, 0.1) is 6.92 Å². The molecule has 1 fully saturated rings. The average molecular weight is 177 g/mol. The van der Waals surface area contributed by atoms with Gasteiger partial charge in [0.2, 0.25) is 0 Å². The molecule has 0 aromatic carbocycles. The monoisotopic (exact) mass is 177 g/mol. The fourth-order valence-electron chi connectivity index (χ4n) is 1.46. The maximum absolute atomic E-state index is 11.3. The average Bonchev–Trinajstić information content (AvgIpc) is 2.52. The Labute approximate surface area is 76.6 Å². The van der Waals surface area contributed by atoms with Crippen molar-refractivity contribution in [3.8, 4) is 0 Å². The molecule has 4 heteroatoms. The van der Waals surface area contributed by atoms with E-state index in [1.165, 1.54) is 0 Å². The molecule has 0 radical (unpaired) electrons. The summed E-state index contributed by atoms with van der Waals surface area (Å²) in [7, 11) is 0. The zero-order valence-corrected chi connectivity index (χ0v) is 7.45. The molecule has 4 nitrogen and oxygen atoms in total. The minimum Gasteiger partial charge on any atom is -0.336 e. The molecule has 1 N–H and O–H groups in total. The van der Waals surface area contributed by atoms with Crippen molar-refractivity contribution >= 4 is 11.7 Å². The lowest BCUT2D eigenvalue weighted by Gasteiger charge is -2.15. The first kappa shape index (κ1) is 8.04. The molecule has 2 rings (SSSR count). The van der Waals surface area contributed by atoms with Crippen LogP contribution in [0.25, 0.3) is 0 Å². The third-order valence-electron chi connectivity index (χ3n) is 2.13. The van der Waals surface area contributed by atoms with Crippen LogP contribution in [0.1, 0.15) is 5.69 Å². The second-order valence-corrected chi connectivity index (χ2v) is 2.99. The van der Waals surface area contributed by atoms with Gasteiger partial charge in [-0.25, -0.2) is 4.79 Å². The van der Waals surface area contributed by atoms with E-state index in [4.69, 9.17) is 0 Å². The smallest absolute Gasteiger partial charge is 0.322 e. The number of aryl methyl sites for hydroxylation is 1. The van der Waals surface area contributed by atoms with Gasteiger partial charge in [0.1, 0.15) is 0 Å². The molecule has 1 aromatic heterocycles. The lowest BCUT2D eigenvalue weighted by molar-refractivity contribution is 0.252. The molecule has 1 saturated heterocycles. The molecule has 1 aromatic rings. The molecule has 0 unspecified atom stereocenters. The molecule has 68 valence electrons. The highest BCUT2D eigenvalue weighted by atomic mass is 16.2. The number of rotatable bonds is 1. The Kier molecular flexibility index (Phi) is 1.88. The number of carbonyl (C=O) groups excluding carboxylic acids is 1. The summed E-state index contributed by atoms with van der Waals surface area (Å²) in [6.45, 7) is 3.35. The quantitative estimate of drug-likeness (QED) is 0.693. The summed E-state index contributed by atoms with van der Waals surface area (Å²) >= 11 is 0. The van der Waals surface area contributed by atoms with Gasteiger partial charge in [-0.3, -0.25) is 9.88 Å². The summed E-state index contributed by atoms with van der Waals surface area (Å²) in [4.78, 5) is 17.2. The van der Waals surface area contributed by atoms with Crippen molar-refractivity contribution in [1.29, 1.82) is 0 Å². The van der Waals surface area contributed by atoms with Gasteiger partial charge in [-0.2, -0.15) is 0 Å². The molecule has 0 bridgehead atoms. The van der Waals surface area contributed by atoms with Crippen molar-refractivity contribution in [3.05, 3.63) is 24.0 Å². The number of anilines is 1. The molecule has 1 aliphatic rings. The maximum Gasteiger partial charge on any atom is 0.322 e. The number of nitrogens with zero attached hydrogens (tertiary/aromatic N) is 2. The highest BCUT2D eigenvalue weighted by Gasteiger charge is 2.22. The van der Waals surface area contributed by atoms with Gasteiger partial charge in [-0.05, 0) is 19.1 Å². The molecule has 0 saturated carbocycles. The lowest BCUT2D eigenvalue weighted by atomic mass is 10.3. The third kappa shape index (κ3) is 1.35. The highest BCUT2D eigenvalue weighted by molar-refractivity contribution is 5.94. The van der Waals surface area contributed by atoms with Crippen LogP contribution in [0.5, 0.6) is 0 Å². The Bertz CT molecular complexity index is 337. The largest absolute Gasteiger partial charge is 0.336 e. The Morgan fingerprint density at radius 3 is 3.08 bits per heavy atom. The second kappa shape index (κ2) is 3.05. The number of hydrogen-bond acceptors (Lipinski definition) is 2. The van der Waals surface area contributed by atoms with E-state index in [0.29, 0.717) is 6.54 Å². The Morgan fingerprint density at radius 2 is 2.46 bits per heavy atom. The van der Waals surface area contributed by atoms with E-state index in [0.717, 1.165) is 17.9 Å². The molecule has 1 aliphatic heterocycles.